The van der Waals surface area contributed by atoms with E-state index in [1.807, 2.05) is 24.9 Å². The Kier molecular flexibility index (Phi) is 6.38. The summed E-state index contributed by atoms with van der Waals surface area (Å²) in [6.07, 6.45) is 3.31. The smallest absolute Gasteiger partial charge is 0.387 e. The van der Waals surface area contributed by atoms with Gasteiger partial charge in [-0.05, 0) is 36.8 Å². The molecule has 0 aliphatic rings. The van der Waals surface area contributed by atoms with E-state index in [4.69, 9.17) is 4.74 Å². The van der Waals surface area contributed by atoms with Crippen molar-refractivity contribution < 1.29 is 18.3 Å². The molecule has 29 heavy (non-hydrogen) atoms. The molecule has 3 aromatic rings. The number of nitrogens with zero attached hydrogens (tertiary/aromatic N) is 4. The lowest BCUT2D eigenvalue weighted by atomic mass is 10.1. The molecule has 0 saturated carbocycles. The fourth-order valence-corrected chi connectivity index (χ4v) is 2.57. The van der Waals surface area contributed by atoms with Crippen LogP contribution in [0.5, 0.6) is 11.6 Å². The summed E-state index contributed by atoms with van der Waals surface area (Å²) >= 11 is 0. The predicted molar refractivity (Wildman–Crippen MR) is 107 cm³/mol. The third-order valence-electron chi connectivity index (χ3n) is 4.18. The second-order valence-corrected chi connectivity index (χ2v) is 6.06. The van der Waals surface area contributed by atoms with Gasteiger partial charge in [-0.25, -0.2) is 9.97 Å². The second-order valence-electron chi connectivity index (χ2n) is 6.06. The Labute approximate surface area is 167 Å². The molecule has 0 amide bonds. The van der Waals surface area contributed by atoms with Crippen LogP contribution < -0.4 is 19.7 Å². The molecule has 0 atom stereocenters. The molecule has 0 fully saturated rings. The molecule has 0 unspecified atom stereocenters. The highest BCUT2D eigenvalue weighted by Gasteiger charge is 2.11. The van der Waals surface area contributed by atoms with E-state index in [0.29, 0.717) is 23.3 Å². The zero-order valence-corrected chi connectivity index (χ0v) is 16.3. The molecule has 2 aromatic heterocycles. The molecule has 1 aromatic carbocycles. The first-order valence-electron chi connectivity index (χ1n) is 8.90. The summed E-state index contributed by atoms with van der Waals surface area (Å²) in [5.41, 5.74) is 2.18. The lowest BCUT2D eigenvalue weighted by molar-refractivity contribution is -0.0498. The summed E-state index contributed by atoms with van der Waals surface area (Å²) in [6.45, 7) is -0.0733. The standard InChI is InChI=1S/C20H21F2N5O2/c1-4-27(2)20-23-10-9-17(26-20)25-16-11-14(12-24-18(16)28-3)13-5-7-15(8-6-13)29-19(21)22/h5-12,19H,4H2,1-3H3,(H,23,25,26). The minimum Gasteiger partial charge on any atom is -0.480 e. The number of rotatable bonds is 8. The van der Waals surface area contributed by atoms with Crippen molar-refractivity contribution in [3.63, 3.8) is 0 Å². The van der Waals surface area contributed by atoms with Gasteiger partial charge in [0.05, 0.1) is 7.11 Å². The zero-order valence-electron chi connectivity index (χ0n) is 16.3. The molecule has 0 aliphatic heterocycles. The minimum atomic E-state index is -2.86. The number of hydrogen-bond donors (Lipinski definition) is 1. The third-order valence-corrected chi connectivity index (χ3v) is 4.18. The number of ether oxygens (including phenoxy) is 2. The van der Waals surface area contributed by atoms with Gasteiger partial charge in [0.1, 0.15) is 17.3 Å². The summed E-state index contributed by atoms with van der Waals surface area (Å²) in [5.74, 6) is 1.68. The van der Waals surface area contributed by atoms with Gasteiger partial charge in [0.15, 0.2) is 0 Å². The van der Waals surface area contributed by atoms with E-state index in [0.717, 1.165) is 17.7 Å². The van der Waals surface area contributed by atoms with Crippen molar-refractivity contribution in [1.29, 1.82) is 0 Å². The van der Waals surface area contributed by atoms with Crippen molar-refractivity contribution in [2.75, 3.05) is 30.9 Å². The van der Waals surface area contributed by atoms with Gasteiger partial charge in [-0.15, -0.1) is 0 Å². The van der Waals surface area contributed by atoms with Gasteiger partial charge in [0.25, 0.3) is 0 Å². The second kappa shape index (κ2) is 9.13. The van der Waals surface area contributed by atoms with Crippen LogP contribution in [0.2, 0.25) is 0 Å². The molecule has 7 nitrogen and oxygen atoms in total. The first kappa shape index (κ1) is 20.2. The van der Waals surface area contributed by atoms with Gasteiger partial charge >= 0.3 is 6.61 Å². The van der Waals surface area contributed by atoms with Crippen molar-refractivity contribution in [1.82, 2.24) is 15.0 Å². The molecule has 152 valence electrons. The van der Waals surface area contributed by atoms with E-state index in [1.54, 1.807) is 30.6 Å². The molecule has 0 aliphatic carbocycles. The summed E-state index contributed by atoms with van der Waals surface area (Å²) in [7, 11) is 3.43. The lowest BCUT2D eigenvalue weighted by Crippen LogP contribution is -2.18. The molecule has 9 heteroatoms. The Balaban J connectivity index is 1.88. The number of benzene rings is 1. The predicted octanol–water partition coefficient (Wildman–Crippen LogP) is 4.35. The number of methoxy groups -OCH3 is 1. The summed E-state index contributed by atoms with van der Waals surface area (Å²) < 4.78 is 34.4. The Morgan fingerprint density at radius 3 is 2.52 bits per heavy atom. The van der Waals surface area contributed by atoms with E-state index in [2.05, 4.69) is 25.0 Å². The summed E-state index contributed by atoms with van der Waals surface area (Å²) in [5, 5.41) is 3.20. The monoisotopic (exact) mass is 401 g/mol. The zero-order chi connectivity index (χ0) is 20.8. The van der Waals surface area contributed by atoms with Crippen LogP contribution in [-0.2, 0) is 0 Å². The average Bonchev–Trinajstić information content (AvgIpc) is 2.73. The van der Waals surface area contributed by atoms with Gasteiger partial charge in [-0.3, -0.25) is 0 Å². The van der Waals surface area contributed by atoms with Crippen molar-refractivity contribution in [2.24, 2.45) is 0 Å². The van der Waals surface area contributed by atoms with Gasteiger partial charge < -0.3 is 19.7 Å². The first-order valence-corrected chi connectivity index (χ1v) is 8.90. The Bertz CT molecular complexity index is 954. The molecule has 0 radical (unpaired) electrons. The SMILES string of the molecule is CCN(C)c1nccc(Nc2cc(-c3ccc(OC(F)F)cc3)cnc2OC)n1. The highest BCUT2D eigenvalue weighted by molar-refractivity contribution is 5.72. The van der Waals surface area contributed by atoms with Crippen LogP contribution in [0.3, 0.4) is 0 Å². The van der Waals surface area contributed by atoms with E-state index in [9.17, 15) is 8.78 Å². The van der Waals surface area contributed by atoms with Gasteiger partial charge in [-0.1, -0.05) is 12.1 Å². The molecule has 1 N–H and O–H groups in total. The number of nitrogens with one attached hydrogen (secondary N) is 1. The van der Waals surface area contributed by atoms with E-state index in [-0.39, 0.29) is 5.75 Å². The fourth-order valence-electron chi connectivity index (χ4n) is 2.57. The van der Waals surface area contributed by atoms with Crippen LogP contribution in [0, 0.1) is 0 Å². The molecule has 0 saturated heterocycles. The van der Waals surface area contributed by atoms with Crippen LogP contribution in [0.25, 0.3) is 11.1 Å². The average molecular weight is 401 g/mol. The molecular formula is C20H21F2N5O2. The van der Waals surface area contributed by atoms with Crippen molar-refractivity contribution in [3.05, 3.63) is 48.8 Å². The Morgan fingerprint density at radius 2 is 1.86 bits per heavy atom. The Morgan fingerprint density at radius 1 is 1.10 bits per heavy atom. The number of halogens is 2. The quantitative estimate of drug-likeness (QED) is 0.602. The number of alkyl halides is 2. The van der Waals surface area contributed by atoms with Crippen LogP contribution >= 0.6 is 0 Å². The molecule has 0 spiro atoms. The van der Waals surface area contributed by atoms with E-state index in [1.165, 1.54) is 19.2 Å². The highest BCUT2D eigenvalue weighted by atomic mass is 19.3. The minimum absolute atomic E-state index is 0.0946. The van der Waals surface area contributed by atoms with E-state index >= 15 is 0 Å². The fraction of sp³-hybridized carbons (Fsp3) is 0.250. The topological polar surface area (TPSA) is 72.4 Å². The summed E-state index contributed by atoms with van der Waals surface area (Å²) in [4.78, 5) is 15.0. The van der Waals surface area contributed by atoms with Crippen LogP contribution in [-0.4, -0.2) is 42.3 Å². The molecule has 3 rings (SSSR count). The highest BCUT2D eigenvalue weighted by Crippen LogP contribution is 2.31. The number of aromatic nitrogens is 3. The van der Waals surface area contributed by atoms with Gasteiger partial charge in [0.2, 0.25) is 11.8 Å². The van der Waals surface area contributed by atoms with Crippen molar-refractivity contribution in [2.45, 2.75) is 13.5 Å². The number of hydrogen-bond acceptors (Lipinski definition) is 7. The Hall–Kier alpha value is -3.49. The lowest BCUT2D eigenvalue weighted by Gasteiger charge is -2.16. The van der Waals surface area contributed by atoms with Gasteiger partial charge in [0, 0.05) is 31.5 Å². The first-order chi connectivity index (χ1) is 14.0. The van der Waals surface area contributed by atoms with Crippen LogP contribution in [0.4, 0.5) is 26.2 Å². The van der Waals surface area contributed by atoms with Crippen molar-refractivity contribution >= 4 is 17.5 Å². The maximum Gasteiger partial charge on any atom is 0.387 e. The van der Waals surface area contributed by atoms with Crippen molar-refractivity contribution in [3.8, 4) is 22.8 Å². The largest absolute Gasteiger partial charge is 0.480 e. The maximum absolute atomic E-state index is 12.3. The van der Waals surface area contributed by atoms with E-state index < -0.39 is 6.61 Å². The third kappa shape index (κ3) is 5.07. The normalized spacial score (nSPS) is 10.7. The molecule has 2 heterocycles. The van der Waals surface area contributed by atoms with Crippen LogP contribution in [0.15, 0.2) is 48.8 Å². The van der Waals surface area contributed by atoms with Gasteiger partial charge in [-0.2, -0.15) is 13.8 Å². The number of anilines is 3. The maximum atomic E-state index is 12.3. The number of pyridine rings is 1. The molecular weight excluding hydrogens is 380 g/mol. The van der Waals surface area contributed by atoms with Crippen LogP contribution in [0.1, 0.15) is 6.92 Å². The summed E-state index contributed by atoms with van der Waals surface area (Å²) in [6, 6.07) is 9.93. The molecule has 0 bridgehead atoms.